The van der Waals surface area contributed by atoms with Crippen molar-refractivity contribution in [2.45, 2.75) is 39.2 Å². The minimum atomic E-state index is -4.68. The molecule has 160 valence electrons. The van der Waals surface area contributed by atoms with E-state index < -0.39 is 17.8 Å². The van der Waals surface area contributed by atoms with Crippen LogP contribution in [0.3, 0.4) is 0 Å². The van der Waals surface area contributed by atoms with Gasteiger partial charge in [-0.3, -0.25) is 9.48 Å². The fraction of sp³-hybridized carbons (Fsp3) is 0.474. The number of nitrogens with zero attached hydrogens (tertiary/aromatic N) is 6. The number of halogens is 3. The van der Waals surface area contributed by atoms with Crippen molar-refractivity contribution in [1.82, 2.24) is 29.3 Å². The second-order valence-electron chi connectivity index (χ2n) is 7.59. The highest BCUT2D eigenvalue weighted by Gasteiger charge is 2.36. The monoisotopic (exact) mass is 422 g/mol. The average Bonchev–Trinajstić information content (AvgIpc) is 3.20. The summed E-state index contributed by atoms with van der Waals surface area (Å²) in [6.45, 7) is 6.06. The zero-order chi connectivity index (χ0) is 21.8. The summed E-state index contributed by atoms with van der Waals surface area (Å²) in [5.74, 6) is -0.449. The van der Waals surface area contributed by atoms with Crippen LogP contribution in [0, 0.1) is 6.92 Å². The SMILES string of the molecule is Cc1nn(C)cc1-c1cc(C(F)(F)F)n2nc(C(=O)N3CC(C)OC(C)C3)cc2n1. The van der Waals surface area contributed by atoms with E-state index >= 15 is 0 Å². The van der Waals surface area contributed by atoms with Gasteiger partial charge in [0.05, 0.1) is 23.6 Å². The number of carbonyl (C=O) groups is 1. The lowest BCUT2D eigenvalue weighted by molar-refractivity contribution is -0.142. The van der Waals surface area contributed by atoms with E-state index in [1.807, 2.05) is 13.8 Å². The van der Waals surface area contributed by atoms with E-state index in [4.69, 9.17) is 4.74 Å². The highest BCUT2D eigenvalue weighted by molar-refractivity contribution is 5.93. The van der Waals surface area contributed by atoms with Gasteiger partial charge in [0.15, 0.2) is 17.0 Å². The van der Waals surface area contributed by atoms with Gasteiger partial charge in [0, 0.05) is 38.0 Å². The van der Waals surface area contributed by atoms with Crippen LogP contribution in [0.4, 0.5) is 13.2 Å². The van der Waals surface area contributed by atoms with Crippen LogP contribution in [0.25, 0.3) is 16.9 Å². The summed E-state index contributed by atoms with van der Waals surface area (Å²) in [7, 11) is 1.68. The van der Waals surface area contributed by atoms with Gasteiger partial charge in [-0.2, -0.15) is 23.4 Å². The minimum absolute atomic E-state index is 0.0548. The number of morpholine rings is 1. The van der Waals surface area contributed by atoms with Crippen molar-refractivity contribution in [2.75, 3.05) is 13.1 Å². The van der Waals surface area contributed by atoms with Crippen LogP contribution in [0.5, 0.6) is 0 Å². The lowest BCUT2D eigenvalue weighted by atomic mass is 10.1. The second kappa shape index (κ2) is 7.08. The molecule has 1 aliphatic heterocycles. The summed E-state index contributed by atoms with van der Waals surface area (Å²) in [6.07, 6.45) is -3.41. The molecule has 0 radical (unpaired) electrons. The van der Waals surface area contributed by atoms with E-state index in [9.17, 15) is 18.0 Å². The van der Waals surface area contributed by atoms with Crippen LogP contribution in [0.1, 0.15) is 35.7 Å². The highest BCUT2D eigenvalue weighted by Crippen LogP contribution is 2.33. The summed E-state index contributed by atoms with van der Waals surface area (Å²) in [5, 5.41) is 8.12. The standard InChI is InChI=1S/C19H21F3N6O2/c1-10-7-27(8-11(2)30-10)18(29)15-6-17-23-14(13-9-26(4)24-12(13)3)5-16(19(20,21)22)28(17)25-15/h5-6,9-11H,7-8H2,1-4H3. The Balaban J connectivity index is 1.81. The first kappa shape index (κ1) is 20.3. The third kappa shape index (κ3) is 3.64. The quantitative estimate of drug-likeness (QED) is 0.635. The molecule has 8 nitrogen and oxygen atoms in total. The Kier molecular flexibility index (Phi) is 4.80. The number of aromatic nitrogens is 5. The zero-order valence-corrected chi connectivity index (χ0v) is 16.9. The van der Waals surface area contributed by atoms with Gasteiger partial charge in [-0.05, 0) is 26.8 Å². The number of fused-ring (bicyclic) bond motifs is 1. The van der Waals surface area contributed by atoms with Crippen LogP contribution >= 0.6 is 0 Å². The molecule has 2 unspecified atom stereocenters. The molecule has 0 aliphatic carbocycles. The molecule has 30 heavy (non-hydrogen) atoms. The molecule has 4 rings (SSSR count). The molecular formula is C19H21F3N6O2. The first-order chi connectivity index (χ1) is 14.0. The van der Waals surface area contributed by atoms with Gasteiger partial charge in [0.1, 0.15) is 0 Å². The predicted molar refractivity (Wildman–Crippen MR) is 101 cm³/mol. The topological polar surface area (TPSA) is 77.6 Å². The van der Waals surface area contributed by atoms with Crippen molar-refractivity contribution in [2.24, 2.45) is 7.05 Å². The first-order valence-corrected chi connectivity index (χ1v) is 9.46. The number of rotatable bonds is 2. The molecule has 11 heteroatoms. The normalized spacial score (nSPS) is 20.2. The molecule has 4 heterocycles. The lowest BCUT2D eigenvalue weighted by Crippen LogP contribution is -2.48. The highest BCUT2D eigenvalue weighted by atomic mass is 19.4. The number of hydrogen-bond donors (Lipinski definition) is 0. The number of carbonyl (C=O) groups excluding carboxylic acids is 1. The summed E-state index contributed by atoms with van der Waals surface area (Å²) in [4.78, 5) is 18.8. The molecule has 3 aromatic rings. The van der Waals surface area contributed by atoms with Crippen molar-refractivity contribution in [3.05, 3.63) is 35.4 Å². The molecule has 2 atom stereocenters. The number of alkyl halides is 3. The maximum absolute atomic E-state index is 13.8. The molecule has 1 saturated heterocycles. The molecule has 1 amide bonds. The van der Waals surface area contributed by atoms with Crippen LogP contribution < -0.4 is 0 Å². The average molecular weight is 422 g/mol. The Hall–Kier alpha value is -2.95. The van der Waals surface area contributed by atoms with Crippen molar-refractivity contribution in [1.29, 1.82) is 0 Å². The van der Waals surface area contributed by atoms with Crippen molar-refractivity contribution < 1.29 is 22.7 Å². The van der Waals surface area contributed by atoms with Gasteiger partial charge in [-0.25, -0.2) is 9.50 Å². The predicted octanol–water partition coefficient (Wildman–Crippen LogP) is 2.71. The third-order valence-electron chi connectivity index (χ3n) is 4.93. The molecular weight excluding hydrogens is 401 g/mol. The van der Waals surface area contributed by atoms with E-state index in [2.05, 4.69) is 15.2 Å². The number of ether oxygens (including phenoxy) is 1. The van der Waals surface area contributed by atoms with Gasteiger partial charge in [-0.1, -0.05) is 0 Å². The van der Waals surface area contributed by atoms with E-state index in [-0.39, 0.29) is 29.2 Å². The molecule has 0 saturated carbocycles. The first-order valence-electron chi connectivity index (χ1n) is 9.46. The molecule has 1 aliphatic rings. The Morgan fingerprint density at radius 2 is 1.83 bits per heavy atom. The molecule has 0 spiro atoms. The van der Waals surface area contributed by atoms with Crippen LogP contribution in [0.15, 0.2) is 18.3 Å². The zero-order valence-electron chi connectivity index (χ0n) is 16.9. The Labute approximate surface area is 170 Å². The molecule has 3 aromatic heterocycles. The smallest absolute Gasteiger partial charge is 0.372 e. The van der Waals surface area contributed by atoms with Crippen LogP contribution in [0.2, 0.25) is 0 Å². The van der Waals surface area contributed by atoms with Crippen molar-refractivity contribution in [3.8, 4) is 11.3 Å². The molecule has 0 aromatic carbocycles. The van der Waals surface area contributed by atoms with Crippen LogP contribution in [-0.4, -0.2) is 60.5 Å². The van der Waals surface area contributed by atoms with Crippen LogP contribution in [-0.2, 0) is 18.0 Å². The van der Waals surface area contributed by atoms with Gasteiger partial charge >= 0.3 is 6.18 Å². The van der Waals surface area contributed by atoms with Gasteiger partial charge < -0.3 is 9.64 Å². The van der Waals surface area contributed by atoms with Crippen molar-refractivity contribution in [3.63, 3.8) is 0 Å². The van der Waals surface area contributed by atoms with E-state index in [1.165, 1.54) is 10.7 Å². The summed E-state index contributed by atoms with van der Waals surface area (Å²) in [6, 6.07) is 2.22. The largest absolute Gasteiger partial charge is 0.433 e. The minimum Gasteiger partial charge on any atom is -0.372 e. The maximum atomic E-state index is 13.8. The lowest BCUT2D eigenvalue weighted by Gasteiger charge is -2.34. The maximum Gasteiger partial charge on any atom is 0.433 e. The Morgan fingerprint density at radius 3 is 2.40 bits per heavy atom. The number of hydrogen-bond acceptors (Lipinski definition) is 5. The third-order valence-corrected chi connectivity index (χ3v) is 4.93. The van der Waals surface area contributed by atoms with E-state index in [0.717, 1.165) is 6.07 Å². The van der Waals surface area contributed by atoms with E-state index in [1.54, 1.807) is 25.1 Å². The number of aryl methyl sites for hydroxylation is 2. The van der Waals surface area contributed by atoms with Gasteiger partial charge in [-0.15, -0.1) is 0 Å². The fourth-order valence-electron chi connectivity index (χ4n) is 3.78. The molecule has 1 fully saturated rings. The van der Waals surface area contributed by atoms with Gasteiger partial charge in [0.25, 0.3) is 5.91 Å². The fourth-order valence-corrected chi connectivity index (χ4v) is 3.78. The summed E-state index contributed by atoms with van der Waals surface area (Å²) >= 11 is 0. The Morgan fingerprint density at radius 1 is 1.17 bits per heavy atom. The van der Waals surface area contributed by atoms with E-state index in [0.29, 0.717) is 28.9 Å². The summed E-state index contributed by atoms with van der Waals surface area (Å²) in [5.41, 5.74) is 0.00147. The second-order valence-corrected chi connectivity index (χ2v) is 7.59. The Bertz CT molecular complexity index is 1110. The van der Waals surface area contributed by atoms with Gasteiger partial charge in [0.2, 0.25) is 0 Å². The molecule has 0 N–H and O–H groups in total. The summed E-state index contributed by atoms with van der Waals surface area (Å²) < 4.78 is 49.1. The van der Waals surface area contributed by atoms with Crippen molar-refractivity contribution >= 4 is 11.6 Å². The molecule has 0 bridgehead atoms. The number of amides is 1.